The molecule has 3 nitrogen and oxygen atoms in total. The maximum Gasteiger partial charge on any atom is 0.220 e. The van der Waals surface area contributed by atoms with E-state index in [1.54, 1.807) is 0 Å². The first-order valence-electron chi connectivity index (χ1n) is 7.21. The van der Waals surface area contributed by atoms with Crippen molar-refractivity contribution in [3.8, 4) is 0 Å². The Morgan fingerprint density at radius 2 is 2.42 bits per heavy atom. The molecule has 2 N–H and O–H groups in total. The van der Waals surface area contributed by atoms with Crippen molar-refractivity contribution >= 4 is 17.2 Å². The molecule has 0 saturated carbocycles. The third-order valence-electron chi connectivity index (χ3n) is 3.59. The van der Waals surface area contributed by atoms with Crippen molar-refractivity contribution in [1.82, 2.24) is 10.6 Å². The molecule has 106 valence electrons. The van der Waals surface area contributed by atoms with Gasteiger partial charge in [-0.25, -0.2) is 0 Å². The van der Waals surface area contributed by atoms with Gasteiger partial charge >= 0.3 is 0 Å². The predicted molar refractivity (Wildman–Crippen MR) is 80.6 cm³/mol. The van der Waals surface area contributed by atoms with E-state index in [0.29, 0.717) is 12.5 Å². The fraction of sp³-hybridized carbons (Fsp3) is 0.667. The summed E-state index contributed by atoms with van der Waals surface area (Å²) in [6.07, 6.45) is 5.02. The largest absolute Gasteiger partial charge is 0.353 e. The van der Waals surface area contributed by atoms with Gasteiger partial charge in [0.2, 0.25) is 5.91 Å². The zero-order chi connectivity index (χ0) is 13.7. The maximum absolute atomic E-state index is 11.9. The molecule has 4 heteroatoms. The van der Waals surface area contributed by atoms with E-state index in [1.807, 2.05) is 11.3 Å². The first kappa shape index (κ1) is 14.5. The fourth-order valence-corrected chi connectivity index (χ4v) is 3.62. The zero-order valence-electron chi connectivity index (χ0n) is 11.9. The van der Waals surface area contributed by atoms with E-state index >= 15 is 0 Å². The van der Waals surface area contributed by atoms with Crippen LogP contribution in [0.2, 0.25) is 0 Å². The van der Waals surface area contributed by atoms with Gasteiger partial charge in [0, 0.05) is 34.7 Å². The number of rotatable bonds is 6. The number of amides is 1. The smallest absolute Gasteiger partial charge is 0.220 e. The molecule has 1 aliphatic heterocycles. The van der Waals surface area contributed by atoms with Crippen LogP contribution in [0.3, 0.4) is 0 Å². The maximum atomic E-state index is 11.9. The molecule has 0 aromatic carbocycles. The summed E-state index contributed by atoms with van der Waals surface area (Å²) in [5.41, 5.74) is 0. The van der Waals surface area contributed by atoms with Gasteiger partial charge in [-0.3, -0.25) is 4.79 Å². The van der Waals surface area contributed by atoms with E-state index in [-0.39, 0.29) is 11.9 Å². The number of aryl methyl sites for hydroxylation is 1. The molecule has 2 unspecified atom stereocenters. The Morgan fingerprint density at radius 1 is 1.58 bits per heavy atom. The second kappa shape index (κ2) is 7.06. The summed E-state index contributed by atoms with van der Waals surface area (Å²) in [7, 11) is 0. The zero-order valence-corrected chi connectivity index (χ0v) is 12.7. The molecular formula is C15H24N2OS. The van der Waals surface area contributed by atoms with E-state index in [2.05, 4.69) is 36.6 Å². The average Bonchev–Trinajstić information content (AvgIpc) is 2.98. The second-order valence-corrected chi connectivity index (χ2v) is 6.89. The van der Waals surface area contributed by atoms with Crippen molar-refractivity contribution in [2.45, 2.75) is 58.0 Å². The van der Waals surface area contributed by atoms with Gasteiger partial charge in [-0.05, 0) is 51.8 Å². The number of thiophene rings is 1. The first-order valence-corrected chi connectivity index (χ1v) is 8.03. The minimum absolute atomic E-state index is 0.189. The molecule has 1 aromatic heterocycles. The highest BCUT2D eigenvalue weighted by molar-refractivity contribution is 7.11. The summed E-state index contributed by atoms with van der Waals surface area (Å²) in [5, 5.41) is 6.53. The lowest BCUT2D eigenvalue weighted by Crippen LogP contribution is -2.34. The molecule has 1 saturated heterocycles. The lowest BCUT2D eigenvalue weighted by atomic mass is 10.1. The van der Waals surface area contributed by atoms with Gasteiger partial charge in [-0.2, -0.15) is 0 Å². The van der Waals surface area contributed by atoms with Crippen molar-refractivity contribution in [2.24, 2.45) is 0 Å². The van der Waals surface area contributed by atoms with Crippen LogP contribution >= 0.6 is 11.3 Å². The topological polar surface area (TPSA) is 41.1 Å². The molecule has 1 fully saturated rings. The lowest BCUT2D eigenvalue weighted by molar-refractivity contribution is -0.121. The Morgan fingerprint density at radius 3 is 3.05 bits per heavy atom. The number of hydrogen-bond acceptors (Lipinski definition) is 3. The van der Waals surface area contributed by atoms with Gasteiger partial charge < -0.3 is 10.6 Å². The molecular weight excluding hydrogens is 256 g/mol. The summed E-state index contributed by atoms with van der Waals surface area (Å²) in [6, 6.07) is 5.08. The highest BCUT2D eigenvalue weighted by Gasteiger charge is 2.16. The van der Waals surface area contributed by atoms with Gasteiger partial charge in [0.05, 0.1) is 0 Å². The summed E-state index contributed by atoms with van der Waals surface area (Å²) in [4.78, 5) is 14.6. The van der Waals surface area contributed by atoms with E-state index in [4.69, 9.17) is 0 Å². The summed E-state index contributed by atoms with van der Waals surface area (Å²) >= 11 is 1.82. The molecule has 0 radical (unpaired) electrons. The van der Waals surface area contributed by atoms with E-state index in [9.17, 15) is 4.79 Å². The van der Waals surface area contributed by atoms with Gasteiger partial charge in [-0.1, -0.05) is 0 Å². The fourth-order valence-electron chi connectivity index (χ4n) is 2.60. The normalized spacial score (nSPS) is 20.4. The third kappa shape index (κ3) is 4.96. The molecule has 1 aromatic rings. The second-order valence-electron chi connectivity index (χ2n) is 5.52. The quantitative estimate of drug-likeness (QED) is 0.841. The SMILES string of the molecule is Cc1ccc(CC(C)NC(=O)CCC2CCCN2)s1. The Balaban J connectivity index is 1.66. The average molecular weight is 280 g/mol. The van der Waals surface area contributed by atoms with Crippen molar-refractivity contribution in [2.75, 3.05) is 6.54 Å². The summed E-state index contributed by atoms with van der Waals surface area (Å²) in [6.45, 7) is 5.31. The summed E-state index contributed by atoms with van der Waals surface area (Å²) in [5.74, 6) is 0.189. The Kier molecular flexibility index (Phi) is 5.40. The molecule has 0 spiro atoms. The molecule has 1 amide bonds. The first-order chi connectivity index (χ1) is 9.13. The van der Waals surface area contributed by atoms with Crippen LogP contribution in [-0.4, -0.2) is 24.5 Å². The van der Waals surface area contributed by atoms with E-state index in [1.165, 1.54) is 22.6 Å². The van der Waals surface area contributed by atoms with Crippen LogP contribution in [0.25, 0.3) is 0 Å². The van der Waals surface area contributed by atoms with Crippen LogP contribution in [0.4, 0.5) is 0 Å². The Labute approximate surface area is 119 Å². The Hall–Kier alpha value is -0.870. The number of carbonyl (C=O) groups is 1. The predicted octanol–water partition coefficient (Wildman–Crippen LogP) is 2.64. The molecule has 0 bridgehead atoms. The molecule has 19 heavy (non-hydrogen) atoms. The Bertz CT molecular complexity index is 410. The van der Waals surface area contributed by atoms with Crippen LogP contribution in [0.15, 0.2) is 12.1 Å². The minimum atomic E-state index is 0.189. The van der Waals surface area contributed by atoms with Crippen LogP contribution in [-0.2, 0) is 11.2 Å². The molecule has 1 aliphatic rings. The number of carbonyl (C=O) groups excluding carboxylic acids is 1. The highest BCUT2D eigenvalue weighted by Crippen LogP contribution is 2.17. The molecule has 2 atom stereocenters. The molecule has 2 rings (SSSR count). The number of hydrogen-bond donors (Lipinski definition) is 2. The van der Waals surface area contributed by atoms with Crippen LogP contribution in [0, 0.1) is 6.92 Å². The lowest BCUT2D eigenvalue weighted by Gasteiger charge is -2.14. The van der Waals surface area contributed by atoms with Gasteiger partial charge in [0.1, 0.15) is 0 Å². The van der Waals surface area contributed by atoms with Crippen molar-refractivity contribution in [1.29, 1.82) is 0 Å². The standard InChI is InChI=1S/C15H24N2OS/c1-11(10-14-7-5-12(2)19-14)17-15(18)8-6-13-4-3-9-16-13/h5,7,11,13,16H,3-4,6,8-10H2,1-2H3,(H,17,18). The molecule has 0 aliphatic carbocycles. The monoisotopic (exact) mass is 280 g/mol. The van der Waals surface area contributed by atoms with Gasteiger partial charge in [-0.15, -0.1) is 11.3 Å². The van der Waals surface area contributed by atoms with Crippen molar-refractivity contribution < 1.29 is 4.79 Å². The van der Waals surface area contributed by atoms with Crippen LogP contribution < -0.4 is 10.6 Å². The van der Waals surface area contributed by atoms with Crippen molar-refractivity contribution in [3.05, 3.63) is 21.9 Å². The van der Waals surface area contributed by atoms with Crippen LogP contribution in [0.5, 0.6) is 0 Å². The third-order valence-corrected chi connectivity index (χ3v) is 4.62. The number of nitrogens with one attached hydrogen (secondary N) is 2. The van der Waals surface area contributed by atoms with E-state index in [0.717, 1.165) is 19.4 Å². The summed E-state index contributed by atoms with van der Waals surface area (Å²) < 4.78 is 0. The molecule has 2 heterocycles. The van der Waals surface area contributed by atoms with E-state index < -0.39 is 0 Å². The minimum Gasteiger partial charge on any atom is -0.353 e. The highest BCUT2D eigenvalue weighted by atomic mass is 32.1. The van der Waals surface area contributed by atoms with Crippen LogP contribution in [0.1, 0.15) is 42.4 Å². The van der Waals surface area contributed by atoms with Gasteiger partial charge in [0.15, 0.2) is 0 Å². The van der Waals surface area contributed by atoms with Gasteiger partial charge in [0.25, 0.3) is 0 Å². The van der Waals surface area contributed by atoms with Crippen molar-refractivity contribution in [3.63, 3.8) is 0 Å².